The highest BCUT2D eigenvalue weighted by Gasteiger charge is 2.11. The molecule has 0 N–H and O–H groups in total. The number of hydrogen-bond donors (Lipinski definition) is 0. The van der Waals surface area contributed by atoms with E-state index in [2.05, 4.69) is 15.1 Å². The van der Waals surface area contributed by atoms with Crippen molar-refractivity contribution in [2.75, 3.05) is 0 Å². The average molecular weight is 294 g/mol. The topological polar surface area (TPSA) is 69.9 Å². The zero-order valence-electron chi connectivity index (χ0n) is 12.0. The van der Waals surface area contributed by atoms with Crippen molar-refractivity contribution in [3.05, 3.63) is 66.5 Å². The Bertz CT molecular complexity index is 784. The number of pyridine rings is 2. The van der Waals surface area contributed by atoms with Gasteiger partial charge in [0.25, 0.3) is 0 Å². The van der Waals surface area contributed by atoms with Crippen LogP contribution in [0.1, 0.15) is 16.2 Å². The number of rotatable bonds is 5. The predicted molar refractivity (Wildman–Crippen MR) is 79.8 cm³/mol. The van der Waals surface area contributed by atoms with Crippen LogP contribution in [0.4, 0.5) is 0 Å². The monoisotopic (exact) mass is 294 g/mol. The lowest BCUT2D eigenvalue weighted by atomic mass is 10.1. The molecule has 0 unspecified atom stereocenters. The third-order valence-corrected chi connectivity index (χ3v) is 3.00. The van der Waals surface area contributed by atoms with Gasteiger partial charge in [0.15, 0.2) is 5.78 Å². The number of carbonyl (C=O) groups is 1. The highest BCUT2D eigenvalue weighted by molar-refractivity contribution is 5.95. The summed E-state index contributed by atoms with van der Waals surface area (Å²) in [5.41, 5.74) is 1.07. The van der Waals surface area contributed by atoms with Gasteiger partial charge in [0, 0.05) is 31.7 Å². The smallest absolute Gasteiger partial charge is 0.187 e. The summed E-state index contributed by atoms with van der Waals surface area (Å²) in [5, 5.41) is 4.19. The predicted octanol–water partition coefficient (Wildman–Crippen LogP) is 2.43. The van der Waals surface area contributed by atoms with Crippen LogP contribution in [-0.2, 0) is 13.5 Å². The standard InChI is InChI=1S/C16H14N4O2/c1-20-8-5-12(19-20)9-16(21)15-10-13(4-7-18-15)22-14-3-2-6-17-11-14/h2-8,10-11H,9H2,1H3. The van der Waals surface area contributed by atoms with E-state index in [9.17, 15) is 4.79 Å². The first-order valence-electron chi connectivity index (χ1n) is 6.76. The van der Waals surface area contributed by atoms with Gasteiger partial charge < -0.3 is 4.74 Å². The van der Waals surface area contributed by atoms with E-state index in [4.69, 9.17) is 4.74 Å². The zero-order valence-corrected chi connectivity index (χ0v) is 12.0. The molecule has 6 nitrogen and oxygen atoms in total. The second-order valence-corrected chi connectivity index (χ2v) is 4.75. The molecule has 22 heavy (non-hydrogen) atoms. The molecule has 0 aliphatic carbocycles. The first kappa shape index (κ1) is 13.9. The van der Waals surface area contributed by atoms with Crippen molar-refractivity contribution in [2.45, 2.75) is 6.42 Å². The maximum atomic E-state index is 12.2. The minimum Gasteiger partial charge on any atom is -0.456 e. The van der Waals surface area contributed by atoms with Gasteiger partial charge in [-0.3, -0.25) is 19.4 Å². The van der Waals surface area contributed by atoms with Crippen LogP contribution in [0.5, 0.6) is 11.5 Å². The Kier molecular flexibility index (Phi) is 3.91. The second kappa shape index (κ2) is 6.17. The molecule has 0 fully saturated rings. The minimum absolute atomic E-state index is 0.102. The van der Waals surface area contributed by atoms with E-state index >= 15 is 0 Å². The van der Waals surface area contributed by atoms with Crippen LogP contribution in [0.15, 0.2) is 55.1 Å². The van der Waals surface area contributed by atoms with E-state index < -0.39 is 0 Å². The largest absolute Gasteiger partial charge is 0.456 e. The summed E-state index contributed by atoms with van der Waals surface area (Å²) in [7, 11) is 1.81. The van der Waals surface area contributed by atoms with Crippen LogP contribution in [0.2, 0.25) is 0 Å². The molecular weight excluding hydrogens is 280 g/mol. The molecule has 0 aliphatic rings. The summed E-state index contributed by atoms with van der Waals surface area (Å²) in [5.74, 6) is 1.06. The first-order chi connectivity index (χ1) is 10.7. The van der Waals surface area contributed by atoms with E-state index in [-0.39, 0.29) is 12.2 Å². The van der Waals surface area contributed by atoms with Gasteiger partial charge in [-0.05, 0) is 24.3 Å². The summed E-state index contributed by atoms with van der Waals surface area (Å²) in [6, 6.07) is 8.71. The number of ether oxygens (including phenoxy) is 1. The molecule has 0 aromatic carbocycles. The number of ketones is 1. The number of carbonyl (C=O) groups excluding carboxylic acids is 1. The van der Waals surface area contributed by atoms with E-state index in [0.29, 0.717) is 22.9 Å². The lowest BCUT2D eigenvalue weighted by Crippen LogP contribution is -2.07. The van der Waals surface area contributed by atoms with E-state index in [0.717, 1.165) is 0 Å². The van der Waals surface area contributed by atoms with Gasteiger partial charge in [0.05, 0.1) is 18.3 Å². The maximum absolute atomic E-state index is 12.2. The molecule has 0 amide bonds. The van der Waals surface area contributed by atoms with Crippen LogP contribution in [0.25, 0.3) is 0 Å². The molecule has 110 valence electrons. The number of Topliss-reactive ketones (excluding diaryl/α,β-unsaturated/α-hetero) is 1. The van der Waals surface area contributed by atoms with Crippen molar-refractivity contribution in [2.24, 2.45) is 7.05 Å². The van der Waals surface area contributed by atoms with Gasteiger partial charge in [-0.2, -0.15) is 5.10 Å². The lowest BCUT2D eigenvalue weighted by molar-refractivity contribution is 0.0986. The molecule has 0 bridgehead atoms. The van der Waals surface area contributed by atoms with Crippen LogP contribution < -0.4 is 4.74 Å². The molecule has 0 atom stereocenters. The third-order valence-electron chi connectivity index (χ3n) is 3.00. The Labute approximate surface area is 127 Å². The first-order valence-corrected chi connectivity index (χ1v) is 6.76. The van der Waals surface area contributed by atoms with Crippen molar-refractivity contribution in [3.8, 4) is 11.5 Å². The normalized spacial score (nSPS) is 10.4. The van der Waals surface area contributed by atoms with E-state index in [1.807, 2.05) is 13.1 Å². The molecule has 0 radical (unpaired) electrons. The number of nitrogens with zero attached hydrogens (tertiary/aromatic N) is 4. The molecule has 3 heterocycles. The van der Waals surface area contributed by atoms with Gasteiger partial charge in [-0.25, -0.2) is 0 Å². The molecule has 0 saturated heterocycles. The molecule has 0 saturated carbocycles. The molecule has 3 rings (SSSR count). The Hall–Kier alpha value is -3.02. The van der Waals surface area contributed by atoms with Gasteiger partial charge in [0.1, 0.15) is 17.2 Å². The Morgan fingerprint density at radius 3 is 2.86 bits per heavy atom. The summed E-state index contributed by atoms with van der Waals surface area (Å²) < 4.78 is 7.31. The minimum atomic E-state index is -0.102. The van der Waals surface area contributed by atoms with Crippen molar-refractivity contribution < 1.29 is 9.53 Å². The fourth-order valence-corrected chi connectivity index (χ4v) is 1.98. The van der Waals surface area contributed by atoms with Crippen LogP contribution in [-0.4, -0.2) is 25.5 Å². The molecule has 0 aliphatic heterocycles. The Morgan fingerprint density at radius 1 is 1.23 bits per heavy atom. The molecule has 3 aromatic heterocycles. The quantitative estimate of drug-likeness (QED) is 0.676. The molecular formula is C16H14N4O2. The van der Waals surface area contributed by atoms with Crippen molar-refractivity contribution in [1.82, 2.24) is 19.7 Å². The number of aryl methyl sites for hydroxylation is 1. The molecule has 3 aromatic rings. The van der Waals surface area contributed by atoms with E-state index in [1.54, 1.807) is 53.7 Å². The highest BCUT2D eigenvalue weighted by Crippen LogP contribution is 2.20. The maximum Gasteiger partial charge on any atom is 0.187 e. The Balaban J connectivity index is 1.74. The van der Waals surface area contributed by atoms with Crippen molar-refractivity contribution in [1.29, 1.82) is 0 Å². The van der Waals surface area contributed by atoms with Gasteiger partial charge in [-0.15, -0.1) is 0 Å². The van der Waals surface area contributed by atoms with Crippen LogP contribution in [0.3, 0.4) is 0 Å². The lowest BCUT2D eigenvalue weighted by Gasteiger charge is -2.06. The summed E-state index contributed by atoms with van der Waals surface area (Å²) in [6.45, 7) is 0. The van der Waals surface area contributed by atoms with Crippen molar-refractivity contribution >= 4 is 5.78 Å². The summed E-state index contributed by atoms with van der Waals surface area (Å²) >= 11 is 0. The SMILES string of the molecule is Cn1ccc(CC(=O)c2cc(Oc3cccnc3)ccn2)n1. The molecule has 0 spiro atoms. The van der Waals surface area contributed by atoms with Crippen molar-refractivity contribution in [3.63, 3.8) is 0 Å². The number of hydrogen-bond acceptors (Lipinski definition) is 5. The molecule has 6 heteroatoms. The number of aromatic nitrogens is 4. The summed E-state index contributed by atoms with van der Waals surface area (Å²) in [6.07, 6.45) is 6.84. The van der Waals surface area contributed by atoms with Gasteiger partial charge in [0.2, 0.25) is 0 Å². The van der Waals surface area contributed by atoms with Crippen LogP contribution >= 0.6 is 0 Å². The van der Waals surface area contributed by atoms with Gasteiger partial charge >= 0.3 is 0 Å². The highest BCUT2D eigenvalue weighted by atomic mass is 16.5. The Morgan fingerprint density at radius 2 is 2.14 bits per heavy atom. The zero-order chi connectivity index (χ0) is 15.4. The van der Waals surface area contributed by atoms with Gasteiger partial charge in [-0.1, -0.05) is 0 Å². The second-order valence-electron chi connectivity index (χ2n) is 4.75. The average Bonchev–Trinajstić information content (AvgIpc) is 2.93. The van der Waals surface area contributed by atoms with E-state index in [1.165, 1.54) is 0 Å². The fourth-order valence-electron chi connectivity index (χ4n) is 1.98. The van der Waals surface area contributed by atoms with Crippen LogP contribution in [0, 0.1) is 0 Å². The third kappa shape index (κ3) is 3.35. The fraction of sp³-hybridized carbons (Fsp3) is 0.125. The summed E-state index contributed by atoms with van der Waals surface area (Å²) in [4.78, 5) is 20.3.